The fourth-order valence-electron chi connectivity index (χ4n) is 5.44. The second-order valence-corrected chi connectivity index (χ2v) is 10.6. The molecule has 4 aromatic rings. The molecule has 5 heterocycles. The van der Waals surface area contributed by atoms with Gasteiger partial charge in [-0.15, -0.1) is 0 Å². The highest BCUT2D eigenvalue weighted by Crippen LogP contribution is 2.38. The molecule has 1 unspecified atom stereocenters. The minimum Gasteiger partial charge on any atom is -0.496 e. The number of methoxy groups -OCH3 is 2. The van der Waals surface area contributed by atoms with E-state index in [1.165, 1.54) is 0 Å². The maximum absolute atomic E-state index is 11.6. The Morgan fingerprint density at radius 2 is 1.76 bits per heavy atom. The first-order chi connectivity index (χ1) is 20.4. The number of ether oxygens (including phenoxy) is 3. The van der Waals surface area contributed by atoms with Crippen molar-refractivity contribution in [3.05, 3.63) is 53.9 Å². The molecule has 2 aliphatic heterocycles. The van der Waals surface area contributed by atoms with Gasteiger partial charge in [0.1, 0.15) is 29.1 Å². The second kappa shape index (κ2) is 11.8. The molecule has 2 aliphatic rings. The van der Waals surface area contributed by atoms with Crippen LogP contribution in [0.2, 0.25) is 5.02 Å². The predicted molar refractivity (Wildman–Crippen MR) is 161 cm³/mol. The van der Waals surface area contributed by atoms with Gasteiger partial charge in [-0.25, -0.2) is 14.8 Å². The van der Waals surface area contributed by atoms with Crippen LogP contribution in [-0.4, -0.2) is 92.1 Å². The highest BCUT2D eigenvalue weighted by atomic mass is 35.5. The third-order valence-electron chi connectivity index (χ3n) is 7.70. The molecule has 0 spiro atoms. The number of alkyl carbamates (subject to hydrolysis) is 1. The van der Waals surface area contributed by atoms with Crippen molar-refractivity contribution in [2.45, 2.75) is 12.5 Å². The number of piperazine rings is 1. The summed E-state index contributed by atoms with van der Waals surface area (Å²) in [5, 5.41) is 3.00. The van der Waals surface area contributed by atoms with Crippen LogP contribution in [0.1, 0.15) is 6.42 Å². The van der Waals surface area contributed by atoms with E-state index in [2.05, 4.69) is 37.1 Å². The van der Waals surface area contributed by atoms with Gasteiger partial charge in [0.25, 0.3) is 0 Å². The smallest absolute Gasteiger partial charge is 0.407 e. The molecule has 0 radical (unpaired) electrons. The molecule has 3 aromatic heterocycles. The minimum atomic E-state index is -0.413. The summed E-state index contributed by atoms with van der Waals surface area (Å²) in [6.07, 6.45) is 5.97. The number of anilines is 3. The van der Waals surface area contributed by atoms with E-state index in [-0.39, 0.29) is 6.10 Å². The summed E-state index contributed by atoms with van der Waals surface area (Å²) in [5.74, 6) is 2.76. The van der Waals surface area contributed by atoms with Crippen molar-refractivity contribution in [3.63, 3.8) is 0 Å². The minimum absolute atomic E-state index is 0.166. The fourth-order valence-corrected chi connectivity index (χ4v) is 5.68. The first-order valence-electron chi connectivity index (χ1n) is 13.8. The Balaban J connectivity index is 1.12. The van der Waals surface area contributed by atoms with E-state index in [1.54, 1.807) is 33.5 Å². The maximum atomic E-state index is 11.6. The van der Waals surface area contributed by atoms with Gasteiger partial charge in [0.15, 0.2) is 0 Å². The summed E-state index contributed by atoms with van der Waals surface area (Å²) in [7, 11) is 4.76. The van der Waals surface area contributed by atoms with Crippen molar-refractivity contribution < 1.29 is 19.0 Å². The van der Waals surface area contributed by atoms with Gasteiger partial charge >= 0.3 is 6.09 Å². The van der Waals surface area contributed by atoms with Gasteiger partial charge in [-0.2, -0.15) is 4.98 Å². The van der Waals surface area contributed by atoms with Crippen molar-refractivity contribution in [1.82, 2.24) is 24.7 Å². The van der Waals surface area contributed by atoms with Crippen LogP contribution in [0.4, 0.5) is 22.2 Å². The van der Waals surface area contributed by atoms with E-state index in [9.17, 15) is 4.79 Å². The number of carbonyl (C=O) groups is 1. The molecule has 220 valence electrons. The Labute approximate surface area is 248 Å². The number of halogens is 1. The highest BCUT2D eigenvalue weighted by molar-refractivity contribution is 6.32. The number of nitrogens with zero attached hydrogens (tertiary/aromatic N) is 7. The topological polar surface area (TPSA) is 110 Å². The summed E-state index contributed by atoms with van der Waals surface area (Å²) in [4.78, 5) is 32.5. The summed E-state index contributed by atoms with van der Waals surface area (Å²) in [5.41, 5.74) is 3.52. The average molecular weight is 593 g/mol. The quantitative estimate of drug-likeness (QED) is 0.341. The predicted octanol–water partition coefficient (Wildman–Crippen LogP) is 3.72. The molecule has 12 nitrogen and oxygen atoms in total. The Hall–Kier alpha value is -4.45. The molecule has 0 saturated carbocycles. The lowest BCUT2D eigenvalue weighted by Crippen LogP contribution is -2.47. The van der Waals surface area contributed by atoms with Crippen LogP contribution in [0.3, 0.4) is 0 Å². The third-order valence-corrected chi connectivity index (χ3v) is 7.99. The van der Waals surface area contributed by atoms with Gasteiger partial charge in [0.2, 0.25) is 5.95 Å². The number of benzene rings is 1. The van der Waals surface area contributed by atoms with Gasteiger partial charge in [0, 0.05) is 88.2 Å². The van der Waals surface area contributed by atoms with Gasteiger partial charge in [-0.1, -0.05) is 11.6 Å². The van der Waals surface area contributed by atoms with E-state index >= 15 is 0 Å². The number of pyridine rings is 1. The Bertz CT molecular complexity index is 1590. The maximum Gasteiger partial charge on any atom is 0.407 e. The van der Waals surface area contributed by atoms with E-state index in [0.29, 0.717) is 29.0 Å². The first-order valence-corrected chi connectivity index (χ1v) is 14.2. The number of carbonyl (C=O) groups excluding carboxylic acids is 1. The van der Waals surface area contributed by atoms with Crippen LogP contribution in [0.15, 0.2) is 48.9 Å². The number of imidazole rings is 1. The number of fused-ring (bicyclic) bond motifs is 1. The van der Waals surface area contributed by atoms with Gasteiger partial charge < -0.3 is 38.6 Å². The molecule has 1 amide bonds. The van der Waals surface area contributed by atoms with Crippen molar-refractivity contribution in [2.24, 2.45) is 0 Å². The largest absolute Gasteiger partial charge is 0.496 e. The van der Waals surface area contributed by atoms with Crippen LogP contribution in [0.25, 0.3) is 16.9 Å². The molecule has 2 fully saturated rings. The van der Waals surface area contributed by atoms with Crippen LogP contribution in [0, 0.1) is 0 Å². The number of aromatic nitrogens is 4. The molecule has 13 heteroatoms. The normalized spacial score (nSPS) is 17.0. The fraction of sp³-hybridized carbons (Fsp3) is 0.379. The monoisotopic (exact) mass is 592 g/mol. The lowest BCUT2D eigenvalue weighted by Gasteiger charge is -2.36. The van der Waals surface area contributed by atoms with Crippen LogP contribution in [0.5, 0.6) is 11.5 Å². The first kappa shape index (κ1) is 27.7. The standard InChI is InChI=1S/C29H33ClN8O4/c1-31-29(39)42-20-6-9-38(17-20)28-32-7-4-26(34-28)36-12-10-35(11-13-36)19-5-8-37-18-23(33-27(37)14-19)21-15-22(30)25(41-3)16-24(21)40-2/h4-5,7-8,14-16,18,20H,6,9-13,17H2,1-3H3,(H,31,39). The highest BCUT2D eigenvalue weighted by Gasteiger charge is 2.28. The molecule has 2 saturated heterocycles. The lowest BCUT2D eigenvalue weighted by atomic mass is 10.1. The molecular formula is C29H33ClN8O4. The summed E-state index contributed by atoms with van der Waals surface area (Å²) < 4.78 is 18.3. The average Bonchev–Trinajstić information content (AvgIpc) is 3.68. The number of rotatable bonds is 7. The molecule has 1 N–H and O–H groups in total. The van der Waals surface area contributed by atoms with Crippen molar-refractivity contribution >= 4 is 40.8 Å². The zero-order valence-electron chi connectivity index (χ0n) is 23.8. The SMILES string of the molecule is CNC(=O)OC1CCN(c2nccc(N3CCN(c4ccn5cc(-c6cc(Cl)c(OC)cc6OC)nc5c4)CC3)n2)C1. The van der Waals surface area contributed by atoms with Gasteiger partial charge in [-0.3, -0.25) is 0 Å². The van der Waals surface area contributed by atoms with Crippen LogP contribution in [-0.2, 0) is 4.74 Å². The lowest BCUT2D eigenvalue weighted by molar-refractivity contribution is 0.110. The molecular weight excluding hydrogens is 560 g/mol. The zero-order chi connectivity index (χ0) is 29.2. The Kier molecular flexibility index (Phi) is 7.79. The Morgan fingerprint density at radius 3 is 2.52 bits per heavy atom. The van der Waals surface area contributed by atoms with Crippen LogP contribution < -0.4 is 29.5 Å². The van der Waals surface area contributed by atoms with E-state index in [1.807, 2.05) is 28.9 Å². The summed E-state index contributed by atoms with van der Waals surface area (Å²) >= 11 is 6.40. The number of hydrogen-bond acceptors (Lipinski definition) is 10. The summed E-state index contributed by atoms with van der Waals surface area (Å²) in [6.45, 7) is 4.67. The van der Waals surface area contributed by atoms with Gasteiger partial charge in [0.05, 0.1) is 31.5 Å². The molecule has 1 atom stereocenters. The van der Waals surface area contributed by atoms with E-state index in [0.717, 1.165) is 67.6 Å². The number of amides is 1. The molecule has 1 aromatic carbocycles. The van der Waals surface area contributed by atoms with E-state index in [4.69, 9.17) is 35.8 Å². The summed E-state index contributed by atoms with van der Waals surface area (Å²) in [6, 6.07) is 9.76. The van der Waals surface area contributed by atoms with Crippen LogP contribution >= 0.6 is 11.6 Å². The van der Waals surface area contributed by atoms with Crippen molar-refractivity contribution in [2.75, 3.05) is 75.2 Å². The zero-order valence-corrected chi connectivity index (χ0v) is 24.5. The second-order valence-electron chi connectivity index (χ2n) is 10.2. The Morgan fingerprint density at radius 1 is 0.976 bits per heavy atom. The molecule has 42 heavy (non-hydrogen) atoms. The van der Waals surface area contributed by atoms with Crippen molar-refractivity contribution in [1.29, 1.82) is 0 Å². The molecule has 6 rings (SSSR count). The van der Waals surface area contributed by atoms with Gasteiger partial charge in [-0.05, 0) is 18.2 Å². The number of nitrogens with one attached hydrogen (secondary N) is 1. The third kappa shape index (κ3) is 5.54. The molecule has 0 bridgehead atoms. The number of hydrogen-bond donors (Lipinski definition) is 1. The van der Waals surface area contributed by atoms with Crippen molar-refractivity contribution in [3.8, 4) is 22.8 Å². The molecule has 0 aliphatic carbocycles. The van der Waals surface area contributed by atoms with E-state index < -0.39 is 6.09 Å².